The topological polar surface area (TPSA) is 73.8 Å². The third-order valence-electron chi connectivity index (χ3n) is 4.88. The van der Waals surface area contributed by atoms with E-state index in [1.165, 1.54) is 12.8 Å². The Balaban J connectivity index is 3.02. The van der Waals surface area contributed by atoms with Gasteiger partial charge in [0.2, 0.25) is 0 Å². The van der Waals surface area contributed by atoms with Gasteiger partial charge < -0.3 is 37.9 Å². The lowest BCUT2D eigenvalue weighted by atomic mass is 10.1. The van der Waals surface area contributed by atoms with Gasteiger partial charge in [-0.25, -0.2) is 0 Å². The first-order valence-corrected chi connectivity index (χ1v) is 13.5. The van der Waals surface area contributed by atoms with Crippen LogP contribution in [-0.4, -0.2) is 112 Å². The lowest BCUT2D eigenvalue weighted by Gasteiger charge is -2.10. The van der Waals surface area contributed by atoms with Gasteiger partial charge in [0.25, 0.3) is 0 Å². The van der Waals surface area contributed by atoms with Crippen molar-refractivity contribution < 1.29 is 37.9 Å². The molecule has 0 aromatic rings. The van der Waals surface area contributed by atoms with E-state index >= 15 is 0 Å². The van der Waals surface area contributed by atoms with E-state index in [-0.39, 0.29) is 0 Å². The second kappa shape index (κ2) is 31.0. The summed E-state index contributed by atoms with van der Waals surface area (Å²) in [4.78, 5) is 0. The molecule has 0 radical (unpaired) electrons. The fraction of sp³-hybridized carbons (Fsp3) is 1.00. The molecule has 1 unspecified atom stereocenters. The Morgan fingerprint density at radius 2 is 0.765 bits per heavy atom. The lowest BCUT2D eigenvalue weighted by molar-refractivity contribution is -0.0238. The van der Waals surface area contributed by atoms with Gasteiger partial charge in [-0.1, -0.05) is 33.1 Å². The number of rotatable bonds is 30. The summed E-state index contributed by atoms with van der Waals surface area (Å²) in [6, 6.07) is 0. The molecule has 9 heteroatoms. The van der Waals surface area contributed by atoms with Crippen molar-refractivity contribution in [1.82, 2.24) is 0 Å². The summed E-state index contributed by atoms with van der Waals surface area (Å²) in [5, 5.41) is 0. The molecule has 8 nitrogen and oxygen atoms in total. The third-order valence-corrected chi connectivity index (χ3v) is 5.14. The molecule has 0 bridgehead atoms. The van der Waals surface area contributed by atoms with Gasteiger partial charge >= 0.3 is 0 Å². The minimum atomic E-state index is 0.544. The van der Waals surface area contributed by atoms with Crippen LogP contribution >= 0.6 is 11.6 Å². The van der Waals surface area contributed by atoms with E-state index in [4.69, 9.17) is 49.5 Å². The quantitative estimate of drug-likeness (QED) is 0.105. The second-order valence-electron chi connectivity index (χ2n) is 7.98. The Labute approximate surface area is 213 Å². The fourth-order valence-electron chi connectivity index (χ4n) is 2.59. The van der Waals surface area contributed by atoms with Gasteiger partial charge in [0, 0.05) is 19.1 Å². The molecule has 0 heterocycles. The molecule has 0 aromatic heterocycles. The van der Waals surface area contributed by atoms with E-state index in [1.54, 1.807) is 0 Å². The third kappa shape index (κ3) is 30.0. The highest BCUT2D eigenvalue weighted by Crippen LogP contribution is 2.01. The zero-order valence-corrected chi connectivity index (χ0v) is 22.5. The van der Waals surface area contributed by atoms with Gasteiger partial charge in [0.1, 0.15) is 0 Å². The molecular formula is C25H51ClO8. The second-order valence-corrected chi connectivity index (χ2v) is 8.36. The minimum Gasteiger partial charge on any atom is -0.379 e. The molecule has 0 aliphatic carbocycles. The summed E-state index contributed by atoms with van der Waals surface area (Å²) in [6.45, 7) is 14.0. The Morgan fingerprint density at radius 3 is 1.12 bits per heavy atom. The first kappa shape index (κ1) is 34.0. The highest BCUT2D eigenvalue weighted by molar-refractivity contribution is 6.17. The lowest BCUT2D eigenvalue weighted by Crippen LogP contribution is -2.15. The van der Waals surface area contributed by atoms with Gasteiger partial charge in [-0.3, -0.25) is 0 Å². The van der Waals surface area contributed by atoms with Crippen LogP contribution in [0.1, 0.15) is 46.0 Å². The Kier molecular flexibility index (Phi) is 31.0. The molecule has 34 heavy (non-hydrogen) atoms. The first-order chi connectivity index (χ1) is 16.8. The van der Waals surface area contributed by atoms with E-state index in [9.17, 15) is 0 Å². The maximum absolute atomic E-state index is 5.64. The van der Waals surface area contributed by atoms with Crippen LogP contribution in [0.15, 0.2) is 0 Å². The molecule has 0 amide bonds. The van der Waals surface area contributed by atoms with E-state index in [2.05, 4.69) is 13.8 Å². The Hall–Kier alpha value is -0.0300. The molecule has 0 fully saturated rings. The van der Waals surface area contributed by atoms with Crippen LogP contribution in [0.2, 0.25) is 0 Å². The van der Waals surface area contributed by atoms with Crippen molar-refractivity contribution in [3.8, 4) is 0 Å². The fourth-order valence-corrected chi connectivity index (χ4v) is 2.78. The largest absolute Gasteiger partial charge is 0.379 e. The zero-order chi connectivity index (χ0) is 24.8. The van der Waals surface area contributed by atoms with Gasteiger partial charge in [-0.2, -0.15) is 0 Å². The molecule has 0 aliphatic rings. The van der Waals surface area contributed by atoms with Gasteiger partial charge in [0.15, 0.2) is 0 Å². The van der Waals surface area contributed by atoms with Crippen LogP contribution in [0.5, 0.6) is 0 Å². The smallest absolute Gasteiger partial charge is 0.0701 e. The molecule has 0 N–H and O–H groups in total. The minimum absolute atomic E-state index is 0.544. The van der Waals surface area contributed by atoms with Crippen LogP contribution < -0.4 is 0 Å². The van der Waals surface area contributed by atoms with Crippen molar-refractivity contribution in [2.24, 2.45) is 5.92 Å². The normalized spacial score (nSPS) is 12.4. The molecule has 0 saturated carbocycles. The number of halogens is 1. The number of unbranched alkanes of at least 4 members (excludes halogenated alkanes) is 3. The van der Waals surface area contributed by atoms with Crippen molar-refractivity contribution >= 4 is 11.6 Å². The average molecular weight is 515 g/mol. The van der Waals surface area contributed by atoms with Crippen LogP contribution in [0.3, 0.4) is 0 Å². The molecule has 206 valence electrons. The highest BCUT2D eigenvalue weighted by atomic mass is 35.5. The maximum Gasteiger partial charge on any atom is 0.0701 e. The van der Waals surface area contributed by atoms with Crippen LogP contribution in [0.25, 0.3) is 0 Å². The van der Waals surface area contributed by atoms with Crippen molar-refractivity contribution in [3.05, 3.63) is 0 Å². The van der Waals surface area contributed by atoms with Crippen LogP contribution in [-0.2, 0) is 37.9 Å². The van der Waals surface area contributed by atoms with Gasteiger partial charge in [-0.15, -0.1) is 11.6 Å². The summed E-state index contributed by atoms with van der Waals surface area (Å²) >= 11 is 5.64. The summed E-state index contributed by atoms with van der Waals surface area (Å²) in [7, 11) is 0. The van der Waals surface area contributed by atoms with Crippen molar-refractivity contribution in [3.63, 3.8) is 0 Å². The first-order valence-electron chi connectivity index (χ1n) is 13.0. The van der Waals surface area contributed by atoms with E-state index < -0.39 is 0 Å². The molecular weight excluding hydrogens is 464 g/mol. The van der Waals surface area contributed by atoms with Gasteiger partial charge in [0.05, 0.1) is 92.5 Å². The van der Waals surface area contributed by atoms with E-state index in [0.717, 1.165) is 38.4 Å². The van der Waals surface area contributed by atoms with Crippen molar-refractivity contribution in [2.75, 3.05) is 112 Å². The van der Waals surface area contributed by atoms with Crippen molar-refractivity contribution in [1.29, 1.82) is 0 Å². The molecule has 0 aliphatic heterocycles. The Morgan fingerprint density at radius 1 is 0.441 bits per heavy atom. The average Bonchev–Trinajstić information content (AvgIpc) is 2.85. The van der Waals surface area contributed by atoms with E-state index in [1.807, 2.05) is 0 Å². The number of ether oxygens (including phenoxy) is 8. The number of hydrogen-bond donors (Lipinski definition) is 0. The monoisotopic (exact) mass is 514 g/mol. The zero-order valence-electron chi connectivity index (χ0n) is 21.8. The van der Waals surface area contributed by atoms with Gasteiger partial charge in [-0.05, 0) is 18.8 Å². The molecule has 0 aromatic carbocycles. The highest BCUT2D eigenvalue weighted by Gasteiger charge is 1.98. The number of alkyl halides is 1. The molecule has 1 atom stereocenters. The standard InChI is InChI=1S/C25H51ClO8/c1-3-25(2)24-34-23-22-33-21-20-32-19-18-31-17-16-30-15-14-29-13-12-28-11-10-27-9-7-5-4-6-8-26/h25H,3-24H2,1-2H3. The SMILES string of the molecule is CCC(C)COCCOCCOCCOCCOCCOCCOCCOCCCCCCCl. The summed E-state index contributed by atoms with van der Waals surface area (Å²) in [6.07, 6.45) is 5.67. The maximum atomic E-state index is 5.64. The van der Waals surface area contributed by atoms with Crippen molar-refractivity contribution in [2.45, 2.75) is 46.0 Å². The predicted octanol–water partition coefficient (Wildman–Crippen LogP) is 3.96. The molecule has 0 spiro atoms. The molecule has 0 saturated heterocycles. The number of hydrogen-bond acceptors (Lipinski definition) is 8. The molecule has 0 rings (SSSR count). The summed E-state index contributed by atoms with van der Waals surface area (Å²) in [5.74, 6) is 1.36. The predicted molar refractivity (Wildman–Crippen MR) is 135 cm³/mol. The van der Waals surface area contributed by atoms with Crippen LogP contribution in [0.4, 0.5) is 0 Å². The summed E-state index contributed by atoms with van der Waals surface area (Å²) < 4.78 is 43.8. The van der Waals surface area contributed by atoms with Crippen LogP contribution in [0, 0.1) is 5.92 Å². The van der Waals surface area contributed by atoms with E-state index in [0.29, 0.717) is 98.4 Å². The summed E-state index contributed by atoms with van der Waals surface area (Å²) in [5.41, 5.74) is 0. The Bertz CT molecular complexity index is 366.